The topological polar surface area (TPSA) is 12.9 Å². The van der Waals surface area contributed by atoms with Crippen molar-refractivity contribution in [2.45, 2.75) is 19.3 Å². The lowest BCUT2D eigenvalue weighted by Gasteiger charge is -2.17. The zero-order valence-electron chi connectivity index (χ0n) is 7.24. The average Bonchev–Trinajstić information content (AvgIpc) is 2.42. The van der Waals surface area contributed by atoms with Crippen molar-refractivity contribution in [3.8, 4) is 0 Å². The second-order valence-electron chi connectivity index (χ2n) is 3.51. The molecule has 1 aliphatic carbocycles. The summed E-state index contributed by atoms with van der Waals surface area (Å²) in [6.45, 7) is 4.43. The van der Waals surface area contributed by atoms with Gasteiger partial charge >= 0.3 is 0 Å². The number of thiazole rings is 1. The standard InChI is InChI=1S/C10H11NS/c1-10(2)6-4-3-5-8-9(10)12-7-11-8/h3-7H,1-2H3. The molecular weight excluding hydrogens is 166 g/mol. The summed E-state index contributed by atoms with van der Waals surface area (Å²) >= 11 is 1.73. The highest BCUT2D eigenvalue weighted by Gasteiger charge is 2.22. The molecule has 0 unspecified atom stereocenters. The van der Waals surface area contributed by atoms with Crippen LogP contribution >= 0.6 is 11.3 Å². The van der Waals surface area contributed by atoms with E-state index in [1.165, 1.54) is 4.88 Å². The summed E-state index contributed by atoms with van der Waals surface area (Å²) in [7, 11) is 0. The fraction of sp³-hybridized carbons (Fsp3) is 0.300. The quantitative estimate of drug-likeness (QED) is 0.593. The summed E-state index contributed by atoms with van der Waals surface area (Å²) in [4.78, 5) is 5.66. The minimum absolute atomic E-state index is 0.139. The molecule has 2 heteroatoms. The van der Waals surface area contributed by atoms with E-state index in [1.54, 1.807) is 11.3 Å². The lowest BCUT2D eigenvalue weighted by molar-refractivity contribution is 0.684. The molecule has 0 bridgehead atoms. The smallest absolute Gasteiger partial charge is 0.0802 e. The van der Waals surface area contributed by atoms with Crippen LogP contribution in [0.1, 0.15) is 24.4 Å². The summed E-state index contributed by atoms with van der Waals surface area (Å²) in [5.41, 5.74) is 3.17. The van der Waals surface area contributed by atoms with E-state index in [1.807, 2.05) is 11.6 Å². The normalized spacial score (nSPS) is 18.8. The Labute approximate surface area is 76.5 Å². The third-order valence-electron chi connectivity index (χ3n) is 2.06. The van der Waals surface area contributed by atoms with Crippen molar-refractivity contribution in [3.05, 3.63) is 34.3 Å². The van der Waals surface area contributed by atoms with E-state index >= 15 is 0 Å². The van der Waals surface area contributed by atoms with Crippen molar-refractivity contribution in [1.82, 2.24) is 4.98 Å². The maximum Gasteiger partial charge on any atom is 0.0802 e. The Balaban J connectivity index is 2.61. The van der Waals surface area contributed by atoms with E-state index < -0.39 is 0 Å². The maximum absolute atomic E-state index is 4.30. The second-order valence-corrected chi connectivity index (χ2v) is 4.36. The molecular formula is C10H11NS. The fourth-order valence-corrected chi connectivity index (χ4v) is 2.26. The summed E-state index contributed by atoms with van der Waals surface area (Å²) in [6.07, 6.45) is 8.42. The lowest BCUT2D eigenvalue weighted by atomic mass is 9.91. The lowest BCUT2D eigenvalue weighted by Crippen LogP contribution is -2.11. The van der Waals surface area contributed by atoms with Gasteiger partial charge in [-0.15, -0.1) is 11.3 Å². The summed E-state index contributed by atoms with van der Waals surface area (Å²) < 4.78 is 0. The molecule has 0 radical (unpaired) electrons. The van der Waals surface area contributed by atoms with Crippen LogP contribution in [-0.4, -0.2) is 4.98 Å². The van der Waals surface area contributed by atoms with Crippen LogP contribution in [0.25, 0.3) is 6.08 Å². The molecule has 1 aromatic rings. The third kappa shape index (κ3) is 1.12. The predicted molar refractivity (Wildman–Crippen MR) is 53.3 cm³/mol. The number of fused-ring (bicyclic) bond motifs is 1. The first kappa shape index (κ1) is 7.74. The fourth-order valence-electron chi connectivity index (χ4n) is 1.37. The molecule has 0 N–H and O–H groups in total. The van der Waals surface area contributed by atoms with E-state index in [2.05, 4.69) is 37.1 Å². The minimum atomic E-state index is 0.139. The number of hydrogen-bond acceptors (Lipinski definition) is 2. The van der Waals surface area contributed by atoms with Crippen molar-refractivity contribution in [2.24, 2.45) is 0 Å². The largest absolute Gasteiger partial charge is 0.245 e. The average molecular weight is 177 g/mol. The third-order valence-corrected chi connectivity index (χ3v) is 3.24. The van der Waals surface area contributed by atoms with Gasteiger partial charge in [0.05, 0.1) is 11.2 Å². The van der Waals surface area contributed by atoms with E-state index in [0.29, 0.717) is 0 Å². The van der Waals surface area contributed by atoms with Crippen LogP contribution in [0.15, 0.2) is 23.7 Å². The highest BCUT2D eigenvalue weighted by atomic mass is 32.1. The Bertz CT molecular complexity index is 344. The van der Waals surface area contributed by atoms with E-state index in [-0.39, 0.29) is 5.41 Å². The zero-order chi connectivity index (χ0) is 8.60. The van der Waals surface area contributed by atoms with Crippen molar-refractivity contribution in [3.63, 3.8) is 0 Å². The van der Waals surface area contributed by atoms with Crippen LogP contribution in [0.4, 0.5) is 0 Å². The van der Waals surface area contributed by atoms with E-state index in [0.717, 1.165) is 5.69 Å². The Morgan fingerprint density at radius 1 is 1.33 bits per heavy atom. The molecule has 0 atom stereocenters. The van der Waals surface area contributed by atoms with Crippen LogP contribution in [0.5, 0.6) is 0 Å². The summed E-state index contributed by atoms with van der Waals surface area (Å²) in [6, 6.07) is 0. The van der Waals surface area contributed by atoms with E-state index in [9.17, 15) is 0 Å². The van der Waals surface area contributed by atoms with E-state index in [4.69, 9.17) is 0 Å². The number of rotatable bonds is 0. The van der Waals surface area contributed by atoms with Gasteiger partial charge in [0, 0.05) is 10.3 Å². The Kier molecular flexibility index (Phi) is 1.65. The van der Waals surface area contributed by atoms with Crippen molar-refractivity contribution < 1.29 is 0 Å². The number of allylic oxidation sites excluding steroid dienone is 3. The van der Waals surface area contributed by atoms with Crippen molar-refractivity contribution >= 4 is 17.4 Å². The van der Waals surface area contributed by atoms with Gasteiger partial charge in [-0.05, 0) is 6.08 Å². The van der Waals surface area contributed by atoms with Gasteiger partial charge in [0.25, 0.3) is 0 Å². The first-order valence-corrected chi connectivity index (χ1v) is 4.88. The van der Waals surface area contributed by atoms with Crippen LogP contribution in [0.3, 0.4) is 0 Å². The Morgan fingerprint density at radius 2 is 2.17 bits per heavy atom. The Morgan fingerprint density at radius 3 is 3.00 bits per heavy atom. The molecule has 0 fully saturated rings. The van der Waals surface area contributed by atoms with Crippen molar-refractivity contribution in [2.75, 3.05) is 0 Å². The first-order valence-electron chi connectivity index (χ1n) is 4.00. The SMILES string of the molecule is CC1(C)C=CC=Cc2ncsc21. The molecule has 0 saturated heterocycles. The van der Waals surface area contributed by atoms with Gasteiger partial charge in [-0.25, -0.2) is 4.98 Å². The van der Waals surface area contributed by atoms with Crippen molar-refractivity contribution in [1.29, 1.82) is 0 Å². The van der Waals surface area contributed by atoms with Gasteiger partial charge in [0.1, 0.15) is 0 Å². The molecule has 62 valence electrons. The maximum atomic E-state index is 4.30. The van der Waals surface area contributed by atoms with Gasteiger partial charge in [-0.1, -0.05) is 32.1 Å². The number of nitrogens with zero attached hydrogens (tertiary/aromatic N) is 1. The molecule has 0 aliphatic heterocycles. The molecule has 1 nitrogen and oxygen atoms in total. The molecule has 0 saturated carbocycles. The van der Waals surface area contributed by atoms with Gasteiger partial charge in [-0.2, -0.15) is 0 Å². The van der Waals surface area contributed by atoms with Crippen LogP contribution in [-0.2, 0) is 5.41 Å². The monoisotopic (exact) mass is 177 g/mol. The van der Waals surface area contributed by atoms with Gasteiger partial charge in [-0.3, -0.25) is 0 Å². The zero-order valence-corrected chi connectivity index (χ0v) is 8.06. The van der Waals surface area contributed by atoms with Gasteiger partial charge in [0.2, 0.25) is 0 Å². The highest BCUT2D eigenvalue weighted by Crippen LogP contribution is 2.33. The molecule has 1 aliphatic rings. The molecule has 0 amide bonds. The summed E-state index contributed by atoms with van der Waals surface area (Å²) in [5.74, 6) is 0. The molecule has 12 heavy (non-hydrogen) atoms. The van der Waals surface area contributed by atoms with Gasteiger partial charge < -0.3 is 0 Å². The molecule has 1 aromatic heterocycles. The molecule has 0 aromatic carbocycles. The number of aromatic nitrogens is 1. The molecule has 1 heterocycles. The first-order chi connectivity index (χ1) is 5.70. The Hall–Kier alpha value is -0.890. The second kappa shape index (κ2) is 2.56. The van der Waals surface area contributed by atoms with Crippen LogP contribution < -0.4 is 0 Å². The van der Waals surface area contributed by atoms with Gasteiger partial charge in [0.15, 0.2) is 0 Å². The molecule has 2 rings (SSSR count). The minimum Gasteiger partial charge on any atom is -0.245 e. The highest BCUT2D eigenvalue weighted by molar-refractivity contribution is 7.10. The van der Waals surface area contributed by atoms with Crippen LogP contribution in [0.2, 0.25) is 0 Å². The molecule has 0 spiro atoms. The van der Waals surface area contributed by atoms with Crippen LogP contribution in [0, 0.1) is 0 Å². The number of hydrogen-bond donors (Lipinski definition) is 0. The summed E-state index contributed by atoms with van der Waals surface area (Å²) in [5, 5.41) is 0. The predicted octanol–water partition coefficient (Wildman–Crippen LogP) is 3.00.